The summed E-state index contributed by atoms with van der Waals surface area (Å²) in [4.78, 5) is 16.0. The topological polar surface area (TPSA) is 39.2 Å². The van der Waals surface area contributed by atoms with Gasteiger partial charge in [-0.05, 0) is 59.2 Å². The first kappa shape index (κ1) is 13.5. The second-order valence-electron chi connectivity index (χ2n) is 5.31. The second kappa shape index (κ2) is 5.83. The third kappa shape index (κ3) is 3.55. The van der Waals surface area contributed by atoms with E-state index in [1.54, 1.807) is 18.3 Å². The lowest BCUT2D eigenvalue weighted by atomic mass is 9.82. The van der Waals surface area contributed by atoms with Gasteiger partial charge in [-0.1, -0.05) is 13.8 Å². The van der Waals surface area contributed by atoms with Crippen LogP contribution in [-0.4, -0.2) is 17.1 Å². The number of aromatic nitrogens is 1. The number of rotatable bonds is 2. The molecule has 0 amide bonds. The molecule has 2 atom stereocenters. The first-order valence-corrected chi connectivity index (χ1v) is 7.16. The van der Waals surface area contributed by atoms with Crippen molar-refractivity contribution in [2.75, 3.05) is 0 Å². The monoisotopic (exact) mass is 311 g/mol. The van der Waals surface area contributed by atoms with Crippen molar-refractivity contribution in [3.05, 3.63) is 28.5 Å². The van der Waals surface area contributed by atoms with Crippen molar-refractivity contribution >= 4 is 21.9 Å². The number of pyridine rings is 1. The molecule has 0 radical (unpaired) electrons. The summed E-state index contributed by atoms with van der Waals surface area (Å²) in [5.74, 6) is 1.02. The van der Waals surface area contributed by atoms with Gasteiger partial charge < -0.3 is 4.74 Å². The van der Waals surface area contributed by atoms with Gasteiger partial charge in [0.15, 0.2) is 0 Å². The van der Waals surface area contributed by atoms with E-state index in [9.17, 15) is 4.79 Å². The molecule has 2 unspecified atom stereocenters. The Morgan fingerprint density at radius 2 is 2.00 bits per heavy atom. The fraction of sp³-hybridized carbons (Fsp3) is 0.571. The third-order valence-corrected chi connectivity index (χ3v) is 3.80. The molecule has 0 aromatic carbocycles. The number of halogens is 1. The summed E-state index contributed by atoms with van der Waals surface area (Å²) in [5.41, 5.74) is 0.558. The van der Waals surface area contributed by atoms with Crippen LogP contribution in [0.25, 0.3) is 0 Å². The van der Waals surface area contributed by atoms with Gasteiger partial charge in [-0.15, -0.1) is 0 Å². The Bertz CT molecular complexity index is 426. The molecule has 1 fully saturated rings. The number of esters is 1. The minimum absolute atomic E-state index is 0.0585. The quantitative estimate of drug-likeness (QED) is 0.615. The predicted octanol–water partition coefficient (Wildman–Crippen LogP) is 3.83. The third-order valence-electron chi connectivity index (χ3n) is 3.37. The highest BCUT2D eigenvalue weighted by Crippen LogP contribution is 2.30. The van der Waals surface area contributed by atoms with Crippen LogP contribution in [0.3, 0.4) is 0 Å². The van der Waals surface area contributed by atoms with Crippen LogP contribution in [-0.2, 0) is 4.74 Å². The molecule has 1 heterocycles. The van der Waals surface area contributed by atoms with Gasteiger partial charge in [-0.3, -0.25) is 0 Å². The van der Waals surface area contributed by atoms with Gasteiger partial charge in [0.05, 0.1) is 5.56 Å². The Morgan fingerprint density at radius 1 is 1.33 bits per heavy atom. The van der Waals surface area contributed by atoms with Crippen molar-refractivity contribution in [1.29, 1.82) is 0 Å². The zero-order valence-corrected chi connectivity index (χ0v) is 12.3. The van der Waals surface area contributed by atoms with Crippen molar-refractivity contribution < 1.29 is 9.53 Å². The molecule has 18 heavy (non-hydrogen) atoms. The molecule has 0 N–H and O–H groups in total. The Hall–Kier alpha value is -0.900. The van der Waals surface area contributed by atoms with Crippen molar-refractivity contribution in [2.24, 2.45) is 11.8 Å². The maximum Gasteiger partial charge on any atom is 0.338 e. The van der Waals surface area contributed by atoms with Gasteiger partial charge in [-0.2, -0.15) is 0 Å². The van der Waals surface area contributed by atoms with Crippen LogP contribution in [0.1, 0.15) is 43.5 Å². The summed E-state index contributed by atoms with van der Waals surface area (Å²) in [6, 6.07) is 3.38. The normalized spacial score (nSPS) is 27.8. The highest BCUT2D eigenvalue weighted by molar-refractivity contribution is 9.10. The number of carbonyl (C=O) groups excluding carboxylic acids is 1. The van der Waals surface area contributed by atoms with E-state index in [0.717, 1.165) is 12.8 Å². The van der Waals surface area contributed by atoms with E-state index >= 15 is 0 Å². The van der Waals surface area contributed by atoms with Crippen molar-refractivity contribution in [2.45, 2.75) is 39.2 Å². The zero-order valence-electron chi connectivity index (χ0n) is 10.7. The molecule has 3 nitrogen and oxygen atoms in total. The van der Waals surface area contributed by atoms with Crippen LogP contribution in [0.2, 0.25) is 0 Å². The SMILES string of the molecule is CC1CC(C)CC(OC(=O)c2ccnc(Br)c2)C1. The first-order chi connectivity index (χ1) is 8.54. The maximum atomic E-state index is 12.0. The van der Waals surface area contributed by atoms with E-state index in [0.29, 0.717) is 22.0 Å². The Morgan fingerprint density at radius 3 is 2.61 bits per heavy atom. The van der Waals surface area contributed by atoms with Crippen LogP contribution < -0.4 is 0 Å². The molecule has 1 aromatic heterocycles. The van der Waals surface area contributed by atoms with Gasteiger partial charge >= 0.3 is 5.97 Å². The first-order valence-electron chi connectivity index (χ1n) is 6.37. The lowest BCUT2D eigenvalue weighted by Gasteiger charge is -2.31. The van der Waals surface area contributed by atoms with E-state index in [2.05, 4.69) is 34.8 Å². The van der Waals surface area contributed by atoms with E-state index in [1.807, 2.05) is 0 Å². The molecule has 1 aliphatic carbocycles. The van der Waals surface area contributed by atoms with Crippen LogP contribution in [0.5, 0.6) is 0 Å². The number of hydrogen-bond donors (Lipinski definition) is 0. The summed E-state index contributed by atoms with van der Waals surface area (Å²) in [6.07, 6.45) is 4.84. The van der Waals surface area contributed by atoms with Crippen LogP contribution >= 0.6 is 15.9 Å². The Balaban J connectivity index is 1.99. The summed E-state index contributed by atoms with van der Waals surface area (Å²) >= 11 is 3.26. The molecule has 1 aromatic rings. The van der Waals surface area contributed by atoms with Gasteiger partial charge in [0.25, 0.3) is 0 Å². The molecule has 4 heteroatoms. The van der Waals surface area contributed by atoms with E-state index in [4.69, 9.17) is 4.74 Å². The molecule has 0 spiro atoms. The van der Waals surface area contributed by atoms with Crippen molar-refractivity contribution in [1.82, 2.24) is 4.98 Å². The van der Waals surface area contributed by atoms with Gasteiger partial charge in [0, 0.05) is 6.20 Å². The fourth-order valence-electron chi connectivity index (χ4n) is 2.72. The molecule has 98 valence electrons. The van der Waals surface area contributed by atoms with Gasteiger partial charge in [0.2, 0.25) is 0 Å². The number of ether oxygens (including phenoxy) is 1. The molecule has 0 saturated heterocycles. The summed E-state index contributed by atoms with van der Waals surface area (Å²) < 4.78 is 6.24. The van der Waals surface area contributed by atoms with Crippen molar-refractivity contribution in [3.8, 4) is 0 Å². The molecular formula is C14H18BrNO2. The van der Waals surface area contributed by atoms with Crippen LogP contribution in [0, 0.1) is 11.8 Å². The largest absolute Gasteiger partial charge is 0.459 e. The van der Waals surface area contributed by atoms with E-state index in [1.165, 1.54) is 6.42 Å². The predicted molar refractivity (Wildman–Crippen MR) is 73.3 cm³/mol. The molecule has 2 rings (SSSR count). The van der Waals surface area contributed by atoms with Gasteiger partial charge in [-0.25, -0.2) is 9.78 Å². The van der Waals surface area contributed by atoms with E-state index < -0.39 is 0 Å². The number of hydrogen-bond acceptors (Lipinski definition) is 3. The van der Waals surface area contributed by atoms with Gasteiger partial charge in [0.1, 0.15) is 10.7 Å². The average molecular weight is 312 g/mol. The molecule has 1 saturated carbocycles. The van der Waals surface area contributed by atoms with Crippen LogP contribution in [0.15, 0.2) is 22.9 Å². The smallest absolute Gasteiger partial charge is 0.338 e. The maximum absolute atomic E-state index is 12.0. The van der Waals surface area contributed by atoms with Crippen molar-refractivity contribution in [3.63, 3.8) is 0 Å². The van der Waals surface area contributed by atoms with Crippen LogP contribution in [0.4, 0.5) is 0 Å². The zero-order chi connectivity index (χ0) is 13.1. The molecule has 0 aliphatic heterocycles. The summed E-state index contributed by atoms with van der Waals surface area (Å²) in [7, 11) is 0. The Labute approximate surface area is 116 Å². The lowest BCUT2D eigenvalue weighted by Crippen LogP contribution is -2.28. The average Bonchev–Trinajstić information content (AvgIpc) is 2.27. The molecule has 0 bridgehead atoms. The Kier molecular flexibility index (Phi) is 4.38. The molecular weight excluding hydrogens is 294 g/mol. The fourth-order valence-corrected chi connectivity index (χ4v) is 3.08. The summed E-state index contributed by atoms with van der Waals surface area (Å²) in [5, 5.41) is 0. The number of nitrogens with zero attached hydrogens (tertiary/aromatic N) is 1. The van der Waals surface area contributed by atoms with E-state index in [-0.39, 0.29) is 12.1 Å². The standard InChI is InChI=1S/C14H18BrNO2/c1-9-5-10(2)7-12(6-9)18-14(17)11-3-4-16-13(15)8-11/h3-4,8-10,12H,5-7H2,1-2H3. The summed E-state index contributed by atoms with van der Waals surface area (Å²) in [6.45, 7) is 4.44. The number of carbonyl (C=O) groups is 1. The minimum Gasteiger partial charge on any atom is -0.459 e. The highest BCUT2D eigenvalue weighted by Gasteiger charge is 2.26. The second-order valence-corrected chi connectivity index (χ2v) is 6.12. The molecule has 1 aliphatic rings. The highest BCUT2D eigenvalue weighted by atomic mass is 79.9. The minimum atomic E-state index is -0.246. The lowest BCUT2D eigenvalue weighted by molar-refractivity contribution is 0.00804.